The molecule has 108 valence electrons. The predicted molar refractivity (Wildman–Crippen MR) is 79.1 cm³/mol. The highest BCUT2D eigenvalue weighted by Crippen LogP contribution is 2.32. The number of amides is 1. The second kappa shape index (κ2) is 5.19. The van der Waals surface area contributed by atoms with Gasteiger partial charge in [0.1, 0.15) is 5.54 Å². The van der Waals surface area contributed by atoms with Gasteiger partial charge in [0.25, 0.3) is 0 Å². The van der Waals surface area contributed by atoms with Gasteiger partial charge in [0.2, 0.25) is 5.91 Å². The minimum Gasteiger partial charge on any atom is -0.334 e. The van der Waals surface area contributed by atoms with Crippen molar-refractivity contribution < 1.29 is 4.79 Å². The maximum atomic E-state index is 13.0. The summed E-state index contributed by atoms with van der Waals surface area (Å²) in [5.41, 5.74) is 6.36. The van der Waals surface area contributed by atoms with Gasteiger partial charge in [0.05, 0.1) is 0 Å². The fourth-order valence-electron chi connectivity index (χ4n) is 3.49. The van der Waals surface area contributed by atoms with E-state index < -0.39 is 5.54 Å². The van der Waals surface area contributed by atoms with E-state index in [1.165, 1.54) is 0 Å². The Balaban J connectivity index is 1.88. The predicted octanol–water partition coefficient (Wildman–Crippen LogP) is 1.21. The third kappa shape index (κ3) is 2.23. The topological polar surface area (TPSA) is 58.4 Å². The molecule has 2 heterocycles. The average Bonchev–Trinajstić information content (AvgIpc) is 2.72. The Morgan fingerprint density at radius 3 is 2.70 bits per heavy atom. The van der Waals surface area contributed by atoms with Gasteiger partial charge in [-0.25, -0.2) is 0 Å². The molecule has 0 radical (unpaired) electrons. The van der Waals surface area contributed by atoms with E-state index in [1.807, 2.05) is 37.3 Å². The molecule has 0 spiro atoms. The normalized spacial score (nSPS) is 28.8. The average molecular weight is 273 g/mol. The summed E-state index contributed by atoms with van der Waals surface area (Å²) in [5, 5.41) is 3.42. The van der Waals surface area contributed by atoms with Crippen LogP contribution in [0.15, 0.2) is 30.3 Å². The van der Waals surface area contributed by atoms with Crippen LogP contribution in [0, 0.1) is 0 Å². The minimum atomic E-state index is -0.938. The largest absolute Gasteiger partial charge is 0.334 e. The molecule has 2 bridgehead atoms. The second-order valence-electron chi connectivity index (χ2n) is 6.16. The fraction of sp³-hybridized carbons (Fsp3) is 0.562. The highest BCUT2D eigenvalue weighted by Gasteiger charge is 2.44. The Labute approximate surface area is 120 Å². The molecule has 2 aliphatic rings. The van der Waals surface area contributed by atoms with Crippen molar-refractivity contribution in [3.8, 4) is 0 Å². The van der Waals surface area contributed by atoms with Gasteiger partial charge >= 0.3 is 0 Å². The maximum Gasteiger partial charge on any atom is 0.247 e. The van der Waals surface area contributed by atoms with Crippen molar-refractivity contribution in [2.75, 3.05) is 13.1 Å². The summed E-state index contributed by atoms with van der Waals surface area (Å²) >= 11 is 0. The first-order valence-electron chi connectivity index (χ1n) is 7.48. The summed E-state index contributed by atoms with van der Waals surface area (Å²) < 4.78 is 0. The lowest BCUT2D eigenvalue weighted by Crippen LogP contribution is -2.55. The molecule has 4 heteroatoms. The Morgan fingerprint density at radius 1 is 1.25 bits per heavy atom. The van der Waals surface area contributed by atoms with E-state index in [9.17, 15) is 4.79 Å². The van der Waals surface area contributed by atoms with Crippen molar-refractivity contribution in [1.29, 1.82) is 0 Å². The Hall–Kier alpha value is -1.39. The zero-order valence-corrected chi connectivity index (χ0v) is 12.0. The summed E-state index contributed by atoms with van der Waals surface area (Å²) in [4.78, 5) is 15.1. The first-order valence-corrected chi connectivity index (χ1v) is 7.48. The molecule has 1 aromatic rings. The molecule has 20 heavy (non-hydrogen) atoms. The number of rotatable bonds is 2. The zero-order chi connectivity index (χ0) is 14.2. The van der Waals surface area contributed by atoms with Gasteiger partial charge in [-0.3, -0.25) is 4.79 Å². The lowest BCUT2D eigenvalue weighted by Gasteiger charge is -2.35. The Kier molecular flexibility index (Phi) is 3.52. The molecule has 4 nitrogen and oxygen atoms in total. The number of carbonyl (C=O) groups is 1. The Morgan fingerprint density at radius 2 is 1.95 bits per heavy atom. The number of nitrogens with zero attached hydrogens (tertiary/aromatic N) is 1. The van der Waals surface area contributed by atoms with Gasteiger partial charge < -0.3 is 16.0 Å². The van der Waals surface area contributed by atoms with Gasteiger partial charge in [-0.15, -0.1) is 0 Å². The molecule has 3 atom stereocenters. The monoisotopic (exact) mass is 273 g/mol. The quantitative estimate of drug-likeness (QED) is 0.851. The van der Waals surface area contributed by atoms with Crippen LogP contribution in [-0.4, -0.2) is 36.0 Å². The second-order valence-corrected chi connectivity index (χ2v) is 6.16. The van der Waals surface area contributed by atoms with Crippen molar-refractivity contribution in [2.45, 2.75) is 43.8 Å². The highest BCUT2D eigenvalue weighted by atomic mass is 16.2. The van der Waals surface area contributed by atoms with Crippen molar-refractivity contribution in [3.05, 3.63) is 35.9 Å². The molecular formula is C16H23N3O. The maximum absolute atomic E-state index is 13.0. The van der Waals surface area contributed by atoms with Crippen molar-refractivity contribution in [2.24, 2.45) is 5.73 Å². The molecule has 0 aliphatic carbocycles. The van der Waals surface area contributed by atoms with Gasteiger partial charge in [-0.2, -0.15) is 0 Å². The number of nitrogens with one attached hydrogen (secondary N) is 1. The van der Waals surface area contributed by atoms with E-state index in [1.54, 1.807) is 0 Å². The highest BCUT2D eigenvalue weighted by molar-refractivity contribution is 5.88. The number of hydrogen-bond acceptors (Lipinski definition) is 3. The van der Waals surface area contributed by atoms with E-state index in [-0.39, 0.29) is 5.91 Å². The number of fused-ring (bicyclic) bond motifs is 2. The van der Waals surface area contributed by atoms with E-state index in [0.29, 0.717) is 12.1 Å². The molecule has 1 amide bonds. The summed E-state index contributed by atoms with van der Waals surface area (Å²) in [5.74, 6) is 0.0694. The lowest BCUT2D eigenvalue weighted by atomic mass is 9.91. The Bertz CT molecular complexity index is 472. The first-order chi connectivity index (χ1) is 9.60. The van der Waals surface area contributed by atoms with E-state index in [2.05, 4.69) is 10.2 Å². The molecule has 3 rings (SSSR count). The summed E-state index contributed by atoms with van der Waals surface area (Å²) in [6, 6.07) is 10.4. The van der Waals surface area contributed by atoms with Crippen LogP contribution in [0.3, 0.4) is 0 Å². The molecule has 0 aromatic heterocycles. The first kappa shape index (κ1) is 13.6. The molecule has 3 N–H and O–H groups in total. The van der Waals surface area contributed by atoms with Gasteiger partial charge in [0, 0.05) is 18.6 Å². The SMILES string of the molecule is CC(N)(C(=O)N1C2CCNCC1CC2)c1ccccc1. The molecular weight excluding hydrogens is 250 g/mol. The summed E-state index contributed by atoms with van der Waals surface area (Å²) in [7, 11) is 0. The zero-order valence-electron chi connectivity index (χ0n) is 12.0. The van der Waals surface area contributed by atoms with Crippen molar-refractivity contribution in [3.63, 3.8) is 0 Å². The van der Waals surface area contributed by atoms with Crippen LogP contribution in [0.25, 0.3) is 0 Å². The van der Waals surface area contributed by atoms with Crippen LogP contribution in [0.4, 0.5) is 0 Å². The molecule has 0 saturated carbocycles. The minimum absolute atomic E-state index is 0.0694. The van der Waals surface area contributed by atoms with Crippen LogP contribution in [0.5, 0.6) is 0 Å². The molecule has 2 saturated heterocycles. The molecule has 2 aliphatic heterocycles. The van der Waals surface area contributed by atoms with Gasteiger partial charge in [-0.1, -0.05) is 30.3 Å². The van der Waals surface area contributed by atoms with E-state index in [4.69, 9.17) is 5.73 Å². The number of hydrogen-bond donors (Lipinski definition) is 2. The van der Waals surface area contributed by atoms with Crippen LogP contribution in [-0.2, 0) is 10.3 Å². The van der Waals surface area contributed by atoms with Crippen molar-refractivity contribution >= 4 is 5.91 Å². The van der Waals surface area contributed by atoms with Crippen LogP contribution < -0.4 is 11.1 Å². The fourth-order valence-corrected chi connectivity index (χ4v) is 3.49. The number of benzene rings is 1. The third-order valence-corrected chi connectivity index (χ3v) is 4.71. The van der Waals surface area contributed by atoms with Crippen molar-refractivity contribution in [1.82, 2.24) is 10.2 Å². The van der Waals surface area contributed by atoms with E-state index >= 15 is 0 Å². The van der Waals surface area contributed by atoms with Crippen LogP contribution >= 0.6 is 0 Å². The van der Waals surface area contributed by atoms with E-state index in [0.717, 1.165) is 37.9 Å². The smallest absolute Gasteiger partial charge is 0.247 e. The number of nitrogens with two attached hydrogens (primary N) is 1. The standard InChI is InChI=1S/C16H23N3O/c1-16(17,12-5-3-2-4-6-12)15(20)19-13-7-8-14(19)11-18-10-9-13/h2-6,13-14,18H,7-11,17H2,1H3. The van der Waals surface area contributed by atoms with Gasteiger partial charge in [-0.05, 0) is 38.3 Å². The van der Waals surface area contributed by atoms with Crippen LogP contribution in [0.1, 0.15) is 31.7 Å². The number of carbonyl (C=O) groups excluding carboxylic acids is 1. The lowest BCUT2D eigenvalue weighted by molar-refractivity contribution is -0.139. The molecule has 1 aromatic carbocycles. The van der Waals surface area contributed by atoms with Gasteiger partial charge in [0.15, 0.2) is 0 Å². The molecule has 2 fully saturated rings. The molecule has 3 unspecified atom stereocenters. The third-order valence-electron chi connectivity index (χ3n) is 4.71. The van der Waals surface area contributed by atoms with Crippen LogP contribution in [0.2, 0.25) is 0 Å². The summed E-state index contributed by atoms with van der Waals surface area (Å²) in [6.07, 6.45) is 3.24. The summed E-state index contributed by atoms with van der Waals surface area (Å²) in [6.45, 7) is 3.73.